The third kappa shape index (κ3) is 3.76. The zero-order valence-electron chi connectivity index (χ0n) is 15.0. The van der Waals surface area contributed by atoms with Gasteiger partial charge in [-0.2, -0.15) is 0 Å². The molecule has 1 aliphatic heterocycles. The lowest BCUT2D eigenvalue weighted by Gasteiger charge is -2.36. The van der Waals surface area contributed by atoms with E-state index in [0.717, 1.165) is 44.5 Å². The van der Waals surface area contributed by atoms with Crippen LogP contribution < -0.4 is 10.6 Å². The Kier molecular flexibility index (Phi) is 5.94. The highest BCUT2D eigenvalue weighted by Gasteiger charge is 2.32. The Labute approximate surface area is 160 Å². The van der Waals surface area contributed by atoms with E-state index >= 15 is 0 Å². The van der Waals surface area contributed by atoms with Crippen molar-refractivity contribution in [3.05, 3.63) is 47.3 Å². The molecule has 1 aromatic carbocycles. The van der Waals surface area contributed by atoms with Gasteiger partial charge in [-0.3, -0.25) is 4.79 Å². The number of hydrogen-bond acceptors (Lipinski definition) is 4. The first-order valence-corrected chi connectivity index (χ1v) is 9.20. The van der Waals surface area contributed by atoms with E-state index in [9.17, 15) is 4.79 Å². The molecule has 140 valence electrons. The standard InChI is InChI=1S/C19H25N5O.ClH/c1-13-18(22-23-24(13)17-7-9-20-10-8-17)19(25)21-16-11-15(12-16)14-5-3-2-4-6-14;/h2-6,15-17,20H,7-12H2,1H3,(H,21,25);1H. The number of carbonyl (C=O) groups is 1. The number of amides is 1. The highest BCUT2D eigenvalue weighted by Crippen LogP contribution is 2.36. The molecule has 4 rings (SSSR count). The lowest BCUT2D eigenvalue weighted by Crippen LogP contribution is -2.43. The number of carbonyl (C=O) groups excluding carboxylic acids is 1. The fraction of sp³-hybridized carbons (Fsp3) is 0.526. The van der Waals surface area contributed by atoms with E-state index in [1.165, 1.54) is 5.56 Å². The van der Waals surface area contributed by atoms with Crippen LogP contribution in [-0.2, 0) is 0 Å². The quantitative estimate of drug-likeness (QED) is 0.861. The van der Waals surface area contributed by atoms with Crippen molar-refractivity contribution < 1.29 is 4.79 Å². The fourth-order valence-corrected chi connectivity index (χ4v) is 3.94. The van der Waals surface area contributed by atoms with Gasteiger partial charge in [0, 0.05) is 6.04 Å². The van der Waals surface area contributed by atoms with Crippen LogP contribution in [0, 0.1) is 6.92 Å². The van der Waals surface area contributed by atoms with Gasteiger partial charge in [-0.15, -0.1) is 17.5 Å². The molecule has 7 heteroatoms. The Balaban J connectivity index is 0.00000196. The number of nitrogens with one attached hydrogen (secondary N) is 2. The summed E-state index contributed by atoms with van der Waals surface area (Å²) in [6, 6.07) is 11.1. The van der Waals surface area contributed by atoms with Crippen molar-refractivity contribution in [3.8, 4) is 0 Å². The Morgan fingerprint density at radius 2 is 1.88 bits per heavy atom. The Morgan fingerprint density at radius 3 is 2.58 bits per heavy atom. The highest BCUT2D eigenvalue weighted by atomic mass is 35.5. The summed E-state index contributed by atoms with van der Waals surface area (Å²) in [6.07, 6.45) is 4.06. The monoisotopic (exact) mass is 375 g/mol. The maximum absolute atomic E-state index is 12.6. The molecular formula is C19H26ClN5O. The second-order valence-corrected chi connectivity index (χ2v) is 7.20. The largest absolute Gasteiger partial charge is 0.348 e. The summed E-state index contributed by atoms with van der Waals surface area (Å²) < 4.78 is 1.93. The summed E-state index contributed by atoms with van der Waals surface area (Å²) in [5, 5.41) is 14.9. The van der Waals surface area contributed by atoms with Crippen molar-refractivity contribution in [2.45, 2.75) is 50.6 Å². The van der Waals surface area contributed by atoms with Crippen molar-refractivity contribution in [2.75, 3.05) is 13.1 Å². The number of nitrogens with zero attached hydrogens (tertiary/aromatic N) is 3. The third-order valence-corrected chi connectivity index (χ3v) is 5.54. The van der Waals surface area contributed by atoms with E-state index in [1.807, 2.05) is 17.7 Å². The first kappa shape index (κ1) is 18.9. The molecule has 2 aliphatic rings. The molecule has 0 radical (unpaired) electrons. The molecule has 0 bridgehead atoms. The molecule has 2 aromatic rings. The number of piperidine rings is 1. The van der Waals surface area contributed by atoms with Crippen LogP contribution in [-0.4, -0.2) is 40.0 Å². The second kappa shape index (κ2) is 8.18. The van der Waals surface area contributed by atoms with Crippen molar-refractivity contribution in [1.29, 1.82) is 0 Å². The molecular weight excluding hydrogens is 350 g/mol. The van der Waals surface area contributed by atoms with Crippen LogP contribution in [0.15, 0.2) is 30.3 Å². The van der Waals surface area contributed by atoms with E-state index in [2.05, 4.69) is 45.2 Å². The molecule has 1 saturated carbocycles. The highest BCUT2D eigenvalue weighted by molar-refractivity contribution is 5.93. The minimum atomic E-state index is -0.0887. The molecule has 2 N–H and O–H groups in total. The lowest BCUT2D eigenvalue weighted by atomic mass is 9.76. The zero-order valence-corrected chi connectivity index (χ0v) is 15.8. The first-order chi connectivity index (χ1) is 12.2. The molecule has 1 amide bonds. The fourth-order valence-electron chi connectivity index (χ4n) is 3.94. The number of halogens is 1. The van der Waals surface area contributed by atoms with E-state index < -0.39 is 0 Å². The molecule has 1 saturated heterocycles. The van der Waals surface area contributed by atoms with E-state index in [0.29, 0.717) is 17.7 Å². The zero-order chi connectivity index (χ0) is 17.2. The maximum Gasteiger partial charge on any atom is 0.273 e. The summed E-state index contributed by atoms with van der Waals surface area (Å²) in [4.78, 5) is 12.6. The van der Waals surface area contributed by atoms with Gasteiger partial charge in [-0.1, -0.05) is 35.5 Å². The van der Waals surface area contributed by atoms with Gasteiger partial charge in [0.1, 0.15) is 0 Å². The van der Waals surface area contributed by atoms with Gasteiger partial charge in [0.15, 0.2) is 5.69 Å². The van der Waals surface area contributed by atoms with Gasteiger partial charge in [0.2, 0.25) is 0 Å². The molecule has 1 aromatic heterocycles. The van der Waals surface area contributed by atoms with Crippen molar-refractivity contribution in [1.82, 2.24) is 25.6 Å². The van der Waals surface area contributed by atoms with Gasteiger partial charge in [0.25, 0.3) is 5.91 Å². The Hall–Kier alpha value is -1.92. The van der Waals surface area contributed by atoms with Crippen LogP contribution in [0.3, 0.4) is 0 Å². The van der Waals surface area contributed by atoms with Crippen LogP contribution in [0.25, 0.3) is 0 Å². The Bertz CT molecular complexity index is 736. The average molecular weight is 376 g/mol. The van der Waals surface area contributed by atoms with E-state index in [-0.39, 0.29) is 24.4 Å². The van der Waals surface area contributed by atoms with Gasteiger partial charge in [-0.05, 0) is 57.2 Å². The van der Waals surface area contributed by atoms with Gasteiger partial charge in [-0.25, -0.2) is 4.68 Å². The van der Waals surface area contributed by atoms with Gasteiger partial charge >= 0.3 is 0 Å². The molecule has 2 fully saturated rings. The average Bonchev–Trinajstić information content (AvgIpc) is 3.00. The molecule has 1 aliphatic carbocycles. The topological polar surface area (TPSA) is 71.8 Å². The van der Waals surface area contributed by atoms with Crippen LogP contribution in [0.2, 0.25) is 0 Å². The predicted octanol–water partition coefficient (Wildman–Crippen LogP) is 2.61. The van der Waals surface area contributed by atoms with Crippen LogP contribution in [0.1, 0.15) is 59.4 Å². The summed E-state index contributed by atoms with van der Waals surface area (Å²) in [6.45, 7) is 3.94. The normalized spacial score (nSPS) is 23.0. The minimum absolute atomic E-state index is 0. The van der Waals surface area contributed by atoms with E-state index in [1.54, 1.807) is 0 Å². The molecule has 6 nitrogen and oxygen atoms in total. The molecule has 0 atom stereocenters. The number of hydrogen-bond donors (Lipinski definition) is 2. The summed E-state index contributed by atoms with van der Waals surface area (Å²) in [7, 11) is 0. The van der Waals surface area contributed by atoms with Crippen molar-refractivity contribution in [3.63, 3.8) is 0 Å². The van der Waals surface area contributed by atoms with Gasteiger partial charge in [0.05, 0.1) is 11.7 Å². The van der Waals surface area contributed by atoms with Crippen molar-refractivity contribution in [2.24, 2.45) is 0 Å². The van der Waals surface area contributed by atoms with Crippen LogP contribution in [0.4, 0.5) is 0 Å². The molecule has 0 spiro atoms. The minimum Gasteiger partial charge on any atom is -0.348 e. The molecule has 26 heavy (non-hydrogen) atoms. The van der Waals surface area contributed by atoms with E-state index in [4.69, 9.17) is 0 Å². The maximum atomic E-state index is 12.6. The number of aromatic nitrogens is 3. The lowest BCUT2D eigenvalue weighted by molar-refractivity contribution is 0.0903. The molecule has 0 unspecified atom stereocenters. The molecule has 2 heterocycles. The SMILES string of the molecule is Cc1c(C(=O)NC2CC(c3ccccc3)C2)nnn1C1CCNCC1.Cl. The second-order valence-electron chi connectivity index (χ2n) is 7.20. The van der Waals surface area contributed by atoms with Crippen LogP contribution >= 0.6 is 12.4 Å². The third-order valence-electron chi connectivity index (χ3n) is 5.54. The Morgan fingerprint density at radius 1 is 1.19 bits per heavy atom. The van der Waals surface area contributed by atoms with Crippen LogP contribution in [0.5, 0.6) is 0 Å². The smallest absolute Gasteiger partial charge is 0.273 e. The van der Waals surface area contributed by atoms with Gasteiger partial charge < -0.3 is 10.6 Å². The summed E-state index contributed by atoms with van der Waals surface area (Å²) in [5.41, 5.74) is 2.71. The van der Waals surface area contributed by atoms with Crippen molar-refractivity contribution >= 4 is 18.3 Å². The number of rotatable bonds is 4. The summed E-state index contributed by atoms with van der Waals surface area (Å²) in [5.74, 6) is 0.465. The first-order valence-electron chi connectivity index (χ1n) is 9.20. The predicted molar refractivity (Wildman–Crippen MR) is 103 cm³/mol. The number of benzene rings is 1. The summed E-state index contributed by atoms with van der Waals surface area (Å²) >= 11 is 0.